The Morgan fingerprint density at radius 1 is 1.04 bits per heavy atom. The predicted molar refractivity (Wildman–Crippen MR) is 120 cm³/mol. The number of para-hydroxylation sites is 1. The number of guanidine groups is 1. The molecule has 2 rings (SSSR count). The van der Waals surface area contributed by atoms with Gasteiger partial charge in [-0.05, 0) is 18.2 Å². The number of benzene rings is 2. The fourth-order valence-corrected chi connectivity index (χ4v) is 2.59. The summed E-state index contributed by atoms with van der Waals surface area (Å²) in [6.45, 7) is 1.76. The number of nitrogens with one attached hydrogen (secondary N) is 2. The number of nitrogens with zero attached hydrogens (tertiary/aromatic N) is 2. The Labute approximate surface area is 178 Å². The standard InChI is InChI=1S/C20H26N4O2.HI/c1-21-20(24(2)15-17-11-7-8-12-18(17)26-3)23-14-13-22-19(25)16-9-5-4-6-10-16;/h4-12H,13-15H2,1-3H3,(H,21,23)(H,22,25);1H. The first kappa shape index (κ1) is 22.8. The molecule has 0 aromatic heterocycles. The zero-order valence-electron chi connectivity index (χ0n) is 15.9. The second kappa shape index (κ2) is 12.2. The zero-order valence-corrected chi connectivity index (χ0v) is 18.3. The van der Waals surface area contributed by atoms with Crippen LogP contribution in [0, 0.1) is 0 Å². The number of carbonyl (C=O) groups is 1. The summed E-state index contributed by atoms with van der Waals surface area (Å²) in [5.74, 6) is 1.53. The molecule has 0 aliphatic rings. The van der Waals surface area contributed by atoms with Gasteiger partial charge >= 0.3 is 0 Å². The van der Waals surface area contributed by atoms with Crippen LogP contribution in [0.25, 0.3) is 0 Å². The minimum absolute atomic E-state index is 0. The van der Waals surface area contributed by atoms with Crippen molar-refractivity contribution < 1.29 is 9.53 Å². The molecule has 0 fully saturated rings. The lowest BCUT2D eigenvalue weighted by molar-refractivity contribution is 0.0954. The molecule has 2 aromatic carbocycles. The van der Waals surface area contributed by atoms with E-state index in [0.717, 1.165) is 17.3 Å². The highest BCUT2D eigenvalue weighted by molar-refractivity contribution is 14.0. The Morgan fingerprint density at radius 2 is 1.67 bits per heavy atom. The topological polar surface area (TPSA) is 66.0 Å². The molecule has 6 nitrogen and oxygen atoms in total. The Hall–Kier alpha value is -2.29. The highest BCUT2D eigenvalue weighted by Gasteiger charge is 2.10. The lowest BCUT2D eigenvalue weighted by Gasteiger charge is -2.23. The maximum Gasteiger partial charge on any atom is 0.251 e. The van der Waals surface area contributed by atoms with Crippen molar-refractivity contribution in [1.29, 1.82) is 0 Å². The van der Waals surface area contributed by atoms with Crippen LogP contribution < -0.4 is 15.4 Å². The summed E-state index contributed by atoms with van der Waals surface area (Å²) in [5.41, 5.74) is 1.74. The maximum atomic E-state index is 12.0. The van der Waals surface area contributed by atoms with E-state index >= 15 is 0 Å². The smallest absolute Gasteiger partial charge is 0.251 e. The van der Waals surface area contributed by atoms with Crippen molar-refractivity contribution in [2.24, 2.45) is 4.99 Å². The molecule has 0 aliphatic heterocycles. The Morgan fingerprint density at radius 3 is 2.33 bits per heavy atom. The minimum Gasteiger partial charge on any atom is -0.496 e. The van der Waals surface area contributed by atoms with Gasteiger partial charge in [0.1, 0.15) is 5.75 Å². The van der Waals surface area contributed by atoms with Crippen LogP contribution in [0.1, 0.15) is 15.9 Å². The van der Waals surface area contributed by atoms with E-state index in [4.69, 9.17) is 4.74 Å². The Balaban J connectivity index is 0.00000364. The largest absolute Gasteiger partial charge is 0.496 e. The first-order chi connectivity index (χ1) is 12.7. The van der Waals surface area contributed by atoms with Crippen molar-refractivity contribution in [3.8, 4) is 5.75 Å². The maximum absolute atomic E-state index is 12.0. The average Bonchev–Trinajstić information content (AvgIpc) is 2.68. The van der Waals surface area contributed by atoms with Crippen molar-refractivity contribution in [2.45, 2.75) is 6.54 Å². The zero-order chi connectivity index (χ0) is 18.8. The van der Waals surface area contributed by atoms with Gasteiger partial charge in [0, 0.05) is 44.9 Å². The highest BCUT2D eigenvalue weighted by atomic mass is 127. The molecule has 0 saturated carbocycles. The molecule has 0 aliphatic carbocycles. The molecule has 146 valence electrons. The van der Waals surface area contributed by atoms with Gasteiger partial charge in [-0.3, -0.25) is 9.79 Å². The molecule has 0 spiro atoms. The lowest BCUT2D eigenvalue weighted by Crippen LogP contribution is -2.42. The first-order valence-electron chi connectivity index (χ1n) is 8.52. The van der Waals surface area contributed by atoms with Gasteiger partial charge in [-0.2, -0.15) is 0 Å². The van der Waals surface area contributed by atoms with Crippen molar-refractivity contribution in [2.75, 3.05) is 34.3 Å². The molecule has 7 heteroatoms. The van der Waals surface area contributed by atoms with E-state index in [-0.39, 0.29) is 29.9 Å². The van der Waals surface area contributed by atoms with Gasteiger partial charge in [0.15, 0.2) is 5.96 Å². The van der Waals surface area contributed by atoms with Crippen molar-refractivity contribution >= 4 is 35.8 Å². The minimum atomic E-state index is -0.0789. The SMILES string of the molecule is CN=C(NCCNC(=O)c1ccccc1)N(C)Cc1ccccc1OC.I. The number of methoxy groups -OCH3 is 1. The molecular formula is C20H27IN4O2. The molecule has 2 aromatic rings. The number of ether oxygens (including phenoxy) is 1. The Kier molecular flexibility index (Phi) is 10.2. The molecule has 0 unspecified atom stereocenters. The van der Waals surface area contributed by atoms with Crippen molar-refractivity contribution in [3.05, 3.63) is 65.7 Å². The van der Waals surface area contributed by atoms with E-state index in [0.29, 0.717) is 25.2 Å². The van der Waals surface area contributed by atoms with E-state index in [1.54, 1.807) is 26.3 Å². The number of hydrogen-bond donors (Lipinski definition) is 2. The van der Waals surface area contributed by atoms with E-state index < -0.39 is 0 Å². The monoisotopic (exact) mass is 482 g/mol. The third-order valence-electron chi connectivity index (χ3n) is 3.90. The molecule has 2 N–H and O–H groups in total. The van der Waals surface area contributed by atoms with Crippen LogP contribution in [0.2, 0.25) is 0 Å². The quantitative estimate of drug-likeness (QED) is 0.276. The highest BCUT2D eigenvalue weighted by Crippen LogP contribution is 2.18. The third kappa shape index (κ3) is 7.09. The van der Waals surface area contributed by atoms with Crippen LogP contribution in [0.4, 0.5) is 0 Å². The van der Waals surface area contributed by atoms with Gasteiger partial charge in [0.25, 0.3) is 5.91 Å². The summed E-state index contributed by atoms with van der Waals surface area (Å²) in [7, 11) is 5.37. The number of halogens is 1. The van der Waals surface area contributed by atoms with Gasteiger partial charge in [0.05, 0.1) is 7.11 Å². The summed E-state index contributed by atoms with van der Waals surface area (Å²) < 4.78 is 5.39. The predicted octanol–water partition coefficient (Wildman–Crippen LogP) is 2.75. The molecule has 0 saturated heterocycles. The Bertz CT molecular complexity index is 738. The molecule has 0 heterocycles. The summed E-state index contributed by atoms with van der Waals surface area (Å²) in [6, 6.07) is 17.1. The number of carbonyl (C=O) groups excluding carboxylic acids is 1. The van der Waals surface area contributed by atoms with Crippen LogP contribution in [-0.2, 0) is 6.54 Å². The van der Waals surface area contributed by atoms with Crippen molar-refractivity contribution in [1.82, 2.24) is 15.5 Å². The summed E-state index contributed by atoms with van der Waals surface area (Å²) in [4.78, 5) is 18.3. The number of rotatable bonds is 7. The molecule has 0 atom stereocenters. The van der Waals surface area contributed by atoms with Gasteiger partial charge in [0.2, 0.25) is 0 Å². The van der Waals surface area contributed by atoms with E-state index in [1.165, 1.54) is 0 Å². The summed E-state index contributed by atoms with van der Waals surface area (Å²) in [6.07, 6.45) is 0. The summed E-state index contributed by atoms with van der Waals surface area (Å²) >= 11 is 0. The van der Waals surface area contributed by atoms with Crippen LogP contribution in [0.5, 0.6) is 5.75 Å². The van der Waals surface area contributed by atoms with Crippen LogP contribution in [0.15, 0.2) is 59.6 Å². The molecule has 27 heavy (non-hydrogen) atoms. The second-order valence-corrected chi connectivity index (χ2v) is 5.76. The van der Waals surface area contributed by atoms with Gasteiger partial charge < -0.3 is 20.3 Å². The van der Waals surface area contributed by atoms with Gasteiger partial charge in [-0.15, -0.1) is 24.0 Å². The fourth-order valence-electron chi connectivity index (χ4n) is 2.59. The average molecular weight is 482 g/mol. The molecule has 0 bridgehead atoms. The first-order valence-corrected chi connectivity index (χ1v) is 8.52. The van der Waals surface area contributed by atoms with E-state index in [9.17, 15) is 4.79 Å². The number of hydrogen-bond acceptors (Lipinski definition) is 3. The van der Waals surface area contributed by atoms with Crippen LogP contribution in [0.3, 0.4) is 0 Å². The van der Waals surface area contributed by atoms with Crippen molar-refractivity contribution in [3.63, 3.8) is 0 Å². The fraction of sp³-hybridized carbons (Fsp3) is 0.300. The van der Waals surface area contributed by atoms with Gasteiger partial charge in [-0.1, -0.05) is 36.4 Å². The number of amides is 1. The van der Waals surface area contributed by atoms with E-state index in [2.05, 4.69) is 15.6 Å². The second-order valence-electron chi connectivity index (χ2n) is 5.76. The van der Waals surface area contributed by atoms with Gasteiger partial charge in [-0.25, -0.2) is 0 Å². The summed E-state index contributed by atoms with van der Waals surface area (Å²) in [5, 5.41) is 6.14. The third-order valence-corrected chi connectivity index (χ3v) is 3.90. The molecule has 1 amide bonds. The van der Waals surface area contributed by atoms with Crippen LogP contribution in [-0.4, -0.2) is 51.1 Å². The number of aliphatic imine (C=N–C) groups is 1. The lowest BCUT2D eigenvalue weighted by atomic mass is 10.2. The normalized spacial score (nSPS) is 10.6. The van der Waals surface area contributed by atoms with Crippen LogP contribution >= 0.6 is 24.0 Å². The van der Waals surface area contributed by atoms with E-state index in [1.807, 2.05) is 54.4 Å². The molecule has 0 radical (unpaired) electrons. The molecular weight excluding hydrogens is 455 g/mol.